The van der Waals surface area contributed by atoms with Crippen LogP contribution in [0.1, 0.15) is 20.3 Å². The van der Waals surface area contributed by atoms with Crippen LogP contribution < -0.4 is 10.6 Å². The topological polar surface area (TPSA) is 78.4 Å². The van der Waals surface area contributed by atoms with Crippen molar-refractivity contribution in [3.63, 3.8) is 0 Å². The van der Waals surface area contributed by atoms with Crippen LogP contribution in [-0.2, 0) is 14.3 Å². The summed E-state index contributed by atoms with van der Waals surface area (Å²) in [5.41, 5.74) is 0.138. The van der Waals surface area contributed by atoms with Gasteiger partial charge in [-0.3, -0.25) is 14.7 Å². The van der Waals surface area contributed by atoms with Crippen molar-refractivity contribution in [1.82, 2.24) is 20.4 Å². The van der Waals surface area contributed by atoms with Crippen LogP contribution in [0.25, 0.3) is 0 Å². The van der Waals surface area contributed by atoms with Crippen molar-refractivity contribution in [2.45, 2.75) is 32.4 Å². The molecule has 0 bridgehead atoms. The third-order valence-electron chi connectivity index (χ3n) is 6.26. The maximum Gasteiger partial charge on any atom is 0.234 e. The minimum absolute atomic E-state index is 0.0616. The van der Waals surface area contributed by atoms with Gasteiger partial charge in [0.05, 0.1) is 19.3 Å². The van der Waals surface area contributed by atoms with Gasteiger partial charge in [0, 0.05) is 70.9 Å². The Bertz CT molecular complexity index is 545. The number of piperazine rings is 1. The van der Waals surface area contributed by atoms with E-state index in [0.29, 0.717) is 37.8 Å². The smallest absolute Gasteiger partial charge is 0.234 e. The summed E-state index contributed by atoms with van der Waals surface area (Å²) in [4.78, 5) is 21.0. The molecule has 27 heavy (non-hydrogen) atoms. The van der Waals surface area contributed by atoms with Gasteiger partial charge in [0.25, 0.3) is 0 Å². The van der Waals surface area contributed by atoms with Crippen molar-refractivity contribution in [2.75, 3.05) is 66.6 Å². The molecule has 1 saturated carbocycles. The Hall–Kier alpha value is -1.38. The standard InChI is InChI=1S/C19H35N5O3/c1-19(2)16(14-5-11-27-17(14)19)22-18(20-3)24-9-7-23(8-10-24)13-15(25)21-6-12-26-4/h14,16-17H,5-13H2,1-4H3,(H,20,22)(H,21,25). The molecule has 2 aliphatic heterocycles. The first-order valence-electron chi connectivity index (χ1n) is 10.0. The fourth-order valence-corrected chi connectivity index (χ4v) is 4.72. The highest BCUT2D eigenvalue weighted by atomic mass is 16.5. The normalized spacial score (nSPS) is 30.6. The number of carbonyl (C=O) groups excluding carboxylic acids is 1. The number of ether oxygens (including phenoxy) is 2. The van der Waals surface area contributed by atoms with Crippen LogP contribution in [0.5, 0.6) is 0 Å². The quantitative estimate of drug-likeness (QED) is 0.376. The number of hydrogen-bond donors (Lipinski definition) is 2. The fraction of sp³-hybridized carbons (Fsp3) is 0.895. The number of aliphatic imine (C=N–C) groups is 1. The molecule has 2 saturated heterocycles. The second kappa shape index (κ2) is 8.75. The first-order valence-corrected chi connectivity index (χ1v) is 10.0. The molecule has 1 amide bonds. The maximum absolute atomic E-state index is 12.0. The van der Waals surface area contributed by atoms with E-state index in [2.05, 4.69) is 39.3 Å². The van der Waals surface area contributed by atoms with Gasteiger partial charge in [-0.05, 0) is 6.42 Å². The zero-order chi connectivity index (χ0) is 19.4. The van der Waals surface area contributed by atoms with Gasteiger partial charge >= 0.3 is 0 Å². The fourth-order valence-electron chi connectivity index (χ4n) is 4.72. The van der Waals surface area contributed by atoms with Crippen LogP contribution in [-0.4, -0.2) is 100 Å². The third kappa shape index (κ3) is 4.38. The Morgan fingerprint density at radius 3 is 2.70 bits per heavy atom. The molecule has 1 aliphatic carbocycles. The van der Waals surface area contributed by atoms with Gasteiger partial charge in [0.1, 0.15) is 0 Å². The van der Waals surface area contributed by atoms with Crippen LogP contribution >= 0.6 is 0 Å². The highest BCUT2D eigenvalue weighted by Gasteiger charge is 2.59. The number of methoxy groups -OCH3 is 1. The first-order chi connectivity index (χ1) is 13.0. The van der Waals surface area contributed by atoms with Gasteiger partial charge in [-0.2, -0.15) is 0 Å². The molecule has 0 aromatic heterocycles. The molecule has 8 heteroatoms. The van der Waals surface area contributed by atoms with E-state index >= 15 is 0 Å². The SMILES string of the molecule is CN=C(NC1C2CCOC2C1(C)C)N1CCN(CC(=O)NCCOC)CC1. The molecule has 2 heterocycles. The zero-order valence-corrected chi connectivity index (χ0v) is 17.2. The summed E-state index contributed by atoms with van der Waals surface area (Å²) < 4.78 is 10.9. The van der Waals surface area contributed by atoms with E-state index in [9.17, 15) is 4.79 Å². The molecule has 3 unspecified atom stereocenters. The Morgan fingerprint density at radius 1 is 1.30 bits per heavy atom. The number of amides is 1. The molecule has 0 spiro atoms. The average Bonchev–Trinajstić information content (AvgIpc) is 3.11. The minimum atomic E-state index is 0.0616. The summed E-state index contributed by atoms with van der Waals surface area (Å²) in [6.45, 7) is 10.5. The number of rotatable bonds is 6. The predicted octanol–water partition coefficient (Wildman–Crippen LogP) is -0.244. The molecule has 2 N–H and O–H groups in total. The van der Waals surface area contributed by atoms with E-state index in [1.807, 2.05) is 7.05 Å². The second-order valence-electron chi connectivity index (χ2n) is 8.34. The molecule has 3 aliphatic rings. The van der Waals surface area contributed by atoms with Crippen LogP contribution in [0.4, 0.5) is 0 Å². The Labute approximate surface area is 162 Å². The summed E-state index contributed by atoms with van der Waals surface area (Å²) in [6, 6.07) is 0.410. The largest absolute Gasteiger partial charge is 0.383 e. The summed E-state index contributed by atoms with van der Waals surface area (Å²) in [7, 11) is 3.49. The highest BCUT2D eigenvalue weighted by molar-refractivity contribution is 5.81. The van der Waals surface area contributed by atoms with Crippen LogP contribution in [0.2, 0.25) is 0 Å². The monoisotopic (exact) mass is 381 g/mol. The molecule has 3 atom stereocenters. The summed E-state index contributed by atoms with van der Waals surface area (Å²) in [5.74, 6) is 1.63. The molecule has 0 aromatic rings. The number of carbonyl (C=O) groups is 1. The zero-order valence-electron chi connectivity index (χ0n) is 17.2. The number of nitrogens with zero attached hydrogens (tertiary/aromatic N) is 3. The molecule has 8 nitrogen and oxygen atoms in total. The van der Waals surface area contributed by atoms with Crippen molar-refractivity contribution in [1.29, 1.82) is 0 Å². The second-order valence-corrected chi connectivity index (χ2v) is 8.34. The predicted molar refractivity (Wildman–Crippen MR) is 105 cm³/mol. The van der Waals surface area contributed by atoms with Crippen molar-refractivity contribution in [3.8, 4) is 0 Å². The number of guanidine groups is 1. The number of hydrogen-bond acceptors (Lipinski definition) is 5. The lowest BCUT2D eigenvalue weighted by molar-refractivity contribution is -0.122. The molecular weight excluding hydrogens is 346 g/mol. The van der Waals surface area contributed by atoms with Crippen molar-refractivity contribution >= 4 is 11.9 Å². The lowest BCUT2D eigenvalue weighted by atomic mass is 9.57. The van der Waals surface area contributed by atoms with Gasteiger partial charge < -0.3 is 25.0 Å². The molecule has 0 radical (unpaired) electrons. The summed E-state index contributed by atoms with van der Waals surface area (Å²) in [6.07, 6.45) is 1.51. The summed E-state index contributed by atoms with van der Waals surface area (Å²) in [5, 5.41) is 6.59. The summed E-state index contributed by atoms with van der Waals surface area (Å²) >= 11 is 0. The minimum Gasteiger partial charge on any atom is -0.383 e. The van der Waals surface area contributed by atoms with E-state index < -0.39 is 0 Å². The van der Waals surface area contributed by atoms with Gasteiger partial charge in [0.15, 0.2) is 5.96 Å². The average molecular weight is 382 g/mol. The van der Waals surface area contributed by atoms with E-state index in [1.54, 1.807) is 7.11 Å². The van der Waals surface area contributed by atoms with E-state index in [-0.39, 0.29) is 11.3 Å². The lowest BCUT2D eigenvalue weighted by Crippen LogP contribution is -2.68. The molecule has 0 aromatic carbocycles. The van der Waals surface area contributed by atoms with Crippen LogP contribution in [0, 0.1) is 11.3 Å². The van der Waals surface area contributed by atoms with Crippen LogP contribution in [0.15, 0.2) is 4.99 Å². The highest BCUT2D eigenvalue weighted by Crippen LogP contribution is 2.52. The number of nitrogens with one attached hydrogen (secondary N) is 2. The van der Waals surface area contributed by atoms with Crippen molar-refractivity contribution in [2.24, 2.45) is 16.3 Å². The van der Waals surface area contributed by atoms with Gasteiger partial charge in [-0.25, -0.2) is 0 Å². The van der Waals surface area contributed by atoms with Gasteiger partial charge in [-0.15, -0.1) is 0 Å². The van der Waals surface area contributed by atoms with Crippen molar-refractivity contribution < 1.29 is 14.3 Å². The molecular formula is C19H35N5O3. The Morgan fingerprint density at radius 2 is 2.04 bits per heavy atom. The van der Waals surface area contributed by atoms with Gasteiger partial charge in [-0.1, -0.05) is 13.8 Å². The van der Waals surface area contributed by atoms with Gasteiger partial charge in [0.2, 0.25) is 5.91 Å². The van der Waals surface area contributed by atoms with E-state index in [1.165, 1.54) is 0 Å². The van der Waals surface area contributed by atoms with E-state index in [4.69, 9.17) is 9.47 Å². The number of fused-ring (bicyclic) bond motifs is 1. The Balaban J connectivity index is 1.45. The van der Waals surface area contributed by atoms with E-state index in [0.717, 1.165) is 45.2 Å². The maximum atomic E-state index is 12.0. The lowest BCUT2D eigenvalue weighted by Gasteiger charge is -2.55. The molecule has 154 valence electrons. The molecule has 3 fully saturated rings. The third-order valence-corrected chi connectivity index (χ3v) is 6.26. The van der Waals surface area contributed by atoms with Crippen molar-refractivity contribution in [3.05, 3.63) is 0 Å². The Kier molecular flexibility index (Phi) is 6.60. The first kappa shape index (κ1) is 20.4. The van der Waals surface area contributed by atoms with Crippen LogP contribution in [0.3, 0.4) is 0 Å². The molecule has 3 rings (SSSR count).